The smallest absolute Gasteiger partial charge is 0.245 e. The van der Waals surface area contributed by atoms with Crippen molar-refractivity contribution in [3.63, 3.8) is 0 Å². The van der Waals surface area contributed by atoms with Gasteiger partial charge in [-0.1, -0.05) is 44.2 Å². The lowest BCUT2D eigenvalue weighted by molar-refractivity contribution is -0.141. The largest absolute Gasteiger partial charge is 0.344 e. The van der Waals surface area contributed by atoms with E-state index in [9.17, 15) is 9.59 Å². The van der Waals surface area contributed by atoms with Crippen LogP contribution >= 0.6 is 0 Å². The third kappa shape index (κ3) is 5.13. The maximum Gasteiger partial charge on any atom is 0.245 e. The number of carbonyl (C=O) groups excluding carboxylic acids is 2. The molecule has 1 aromatic carbocycles. The number of piperazine rings is 1. The van der Waals surface area contributed by atoms with Crippen LogP contribution in [-0.4, -0.2) is 53.8 Å². The minimum Gasteiger partial charge on any atom is -0.344 e. The van der Waals surface area contributed by atoms with Crippen LogP contribution in [0.4, 0.5) is 0 Å². The lowest BCUT2D eigenvalue weighted by atomic mass is 9.49. The molecule has 5 fully saturated rings. The monoisotopic (exact) mass is 451 g/mol. The molecule has 5 heteroatoms. The van der Waals surface area contributed by atoms with E-state index in [4.69, 9.17) is 0 Å². The molecule has 1 atom stereocenters. The highest BCUT2D eigenvalue weighted by Gasteiger charge is 2.51. The van der Waals surface area contributed by atoms with E-state index in [2.05, 4.69) is 48.3 Å². The van der Waals surface area contributed by atoms with E-state index < -0.39 is 6.04 Å². The highest BCUT2D eigenvalue weighted by atomic mass is 16.2. The molecule has 1 aliphatic heterocycles. The summed E-state index contributed by atoms with van der Waals surface area (Å²) >= 11 is 0. The number of benzene rings is 1. The second kappa shape index (κ2) is 9.40. The minimum atomic E-state index is -0.410. The predicted molar refractivity (Wildman–Crippen MR) is 130 cm³/mol. The van der Waals surface area contributed by atoms with Crippen molar-refractivity contribution in [2.24, 2.45) is 29.1 Å². The molecule has 4 saturated carbocycles. The number of carbonyl (C=O) groups is 2. The Balaban J connectivity index is 1.15. The fourth-order valence-electron chi connectivity index (χ4n) is 7.75. The van der Waals surface area contributed by atoms with Crippen molar-refractivity contribution in [1.82, 2.24) is 15.1 Å². The molecule has 1 saturated heterocycles. The standard InChI is InChI=1S/C28H41N3O2/c1-20(2)26(27(33)31-10-8-30(9-11-31)19-21-6-4-3-5-7-21)29-25(32)18-28-15-22-12-23(16-28)14-24(13-22)17-28/h3-7,20,22-24,26H,8-19H2,1-2H3,(H,29,32)/t22?,23?,24?,26-,28?/m1/s1. The molecule has 1 heterocycles. The average molecular weight is 452 g/mol. The topological polar surface area (TPSA) is 52.7 Å². The van der Waals surface area contributed by atoms with Gasteiger partial charge >= 0.3 is 0 Å². The van der Waals surface area contributed by atoms with Gasteiger partial charge in [0, 0.05) is 39.1 Å². The second-order valence-corrected chi connectivity index (χ2v) is 12.0. The molecule has 5 aliphatic rings. The molecule has 33 heavy (non-hydrogen) atoms. The number of nitrogens with one attached hydrogen (secondary N) is 1. The number of amides is 2. The molecule has 2 amide bonds. The van der Waals surface area contributed by atoms with Crippen LogP contribution in [0.15, 0.2) is 30.3 Å². The van der Waals surface area contributed by atoms with Gasteiger partial charge < -0.3 is 10.2 Å². The van der Waals surface area contributed by atoms with Crippen LogP contribution in [0.2, 0.25) is 0 Å². The molecular weight excluding hydrogens is 410 g/mol. The SMILES string of the molecule is CC(C)[C@@H](NC(=O)CC12CC3CC(CC(C3)C1)C2)C(=O)N1CCN(Cc2ccccc2)CC1. The molecule has 0 spiro atoms. The van der Waals surface area contributed by atoms with E-state index in [1.165, 1.54) is 44.1 Å². The van der Waals surface area contributed by atoms with Crippen LogP contribution in [-0.2, 0) is 16.1 Å². The van der Waals surface area contributed by atoms with Crippen LogP contribution in [0.25, 0.3) is 0 Å². The van der Waals surface area contributed by atoms with E-state index in [1.54, 1.807) is 0 Å². The van der Waals surface area contributed by atoms with Crippen molar-refractivity contribution in [2.75, 3.05) is 26.2 Å². The maximum atomic E-state index is 13.4. The molecule has 1 aromatic rings. The van der Waals surface area contributed by atoms with Gasteiger partial charge in [-0.3, -0.25) is 14.5 Å². The summed E-state index contributed by atoms with van der Waals surface area (Å²) in [6.07, 6.45) is 8.50. The number of rotatable bonds is 7. The number of hydrogen-bond donors (Lipinski definition) is 1. The van der Waals surface area contributed by atoms with Crippen molar-refractivity contribution in [1.29, 1.82) is 0 Å². The quantitative estimate of drug-likeness (QED) is 0.680. The van der Waals surface area contributed by atoms with Gasteiger partial charge in [0.2, 0.25) is 11.8 Å². The predicted octanol–water partition coefficient (Wildman–Crippen LogP) is 4.08. The van der Waals surface area contributed by atoms with E-state index in [-0.39, 0.29) is 23.1 Å². The van der Waals surface area contributed by atoms with Gasteiger partial charge in [-0.25, -0.2) is 0 Å². The van der Waals surface area contributed by atoms with Crippen molar-refractivity contribution < 1.29 is 9.59 Å². The molecule has 6 rings (SSSR count). The molecule has 180 valence electrons. The molecule has 5 nitrogen and oxygen atoms in total. The summed E-state index contributed by atoms with van der Waals surface area (Å²) in [5, 5.41) is 3.20. The highest BCUT2D eigenvalue weighted by Crippen LogP contribution is 2.61. The third-order valence-corrected chi connectivity index (χ3v) is 8.88. The van der Waals surface area contributed by atoms with Crippen LogP contribution in [0.5, 0.6) is 0 Å². The first-order chi connectivity index (χ1) is 15.9. The van der Waals surface area contributed by atoms with E-state index in [0.717, 1.165) is 50.5 Å². The van der Waals surface area contributed by atoms with E-state index in [0.29, 0.717) is 6.42 Å². The van der Waals surface area contributed by atoms with Gasteiger partial charge in [-0.05, 0) is 73.2 Å². The molecule has 1 N–H and O–H groups in total. The third-order valence-electron chi connectivity index (χ3n) is 8.88. The molecular formula is C28H41N3O2. The Morgan fingerprint density at radius 2 is 1.52 bits per heavy atom. The second-order valence-electron chi connectivity index (χ2n) is 12.0. The van der Waals surface area contributed by atoms with Crippen LogP contribution in [0.1, 0.15) is 64.4 Å². The molecule has 4 aliphatic carbocycles. The summed E-state index contributed by atoms with van der Waals surface area (Å²) in [6.45, 7) is 8.27. The summed E-state index contributed by atoms with van der Waals surface area (Å²) in [6, 6.07) is 10.1. The Morgan fingerprint density at radius 1 is 0.939 bits per heavy atom. The zero-order chi connectivity index (χ0) is 23.0. The lowest BCUT2D eigenvalue weighted by Gasteiger charge is -2.56. The van der Waals surface area contributed by atoms with Crippen LogP contribution < -0.4 is 5.32 Å². The zero-order valence-corrected chi connectivity index (χ0v) is 20.5. The van der Waals surface area contributed by atoms with Gasteiger partial charge in [0.25, 0.3) is 0 Å². The Hall–Kier alpha value is -1.88. The maximum absolute atomic E-state index is 13.4. The first-order valence-corrected chi connectivity index (χ1v) is 13.2. The zero-order valence-electron chi connectivity index (χ0n) is 20.5. The Labute approximate surface area is 199 Å². The Kier molecular flexibility index (Phi) is 6.52. The molecule has 0 unspecified atom stereocenters. The van der Waals surface area contributed by atoms with E-state index in [1.807, 2.05) is 11.0 Å². The fraction of sp³-hybridized carbons (Fsp3) is 0.714. The highest BCUT2D eigenvalue weighted by molar-refractivity contribution is 5.88. The summed E-state index contributed by atoms with van der Waals surface area (Å²) in [4.78, 5) is 31.0. The fourth-order valence-corrected chi connectivity index (χ4v) is 7.75. The van der Waals surface area contributed by atoms with Gasteiger partial charge in [-0.15, -0.1) is 0 Å². The van der Waals surface area contributed by atoms with Gasteiger partial charge in [-0.2, -0.15) is 0 Å². The molecule has 0 radical (unpaired) electrons. The normalized spacial score (nSPS) is 32.2. The Morgan fingerprint density at radius 3 is 2.06 bits per heavy atom. The Bertz CT molecular complexity index is 809. The summed E-state index contributed by atoms with van der Waals surface area (Å²) < 4.78 is 0. The van der Waals surface area contributed by atoms with Crippen LogP contribution in [0, 0.1) is 29.1 Å². The first kappa shape index (κ1) is 22.9. The first-order valence-electron chi connectivity index (χ1n) is 13.2. The van der Waals surface area contributed by atoms with Crippen molar-refractivity contribution in [2.45, 2.75) is 71.4 Å². The van der Waals surface area contributed by atoms with E-state index >= 15 is 0 Å². The average Bonchev–Trinajstić information content (AvgIpc) is 2.77. The lowest BCUT2D eigenvalue weighted by Crippen LogP contribution is -2.57. The summed E-state index contributed by atoms with van der Waals surface area (Å²) in [5.74, 6) is 2.84. The number of hydrogen-bond acceptors (Lipinski definition) is 3. The van der Waals surface area contributed by atoms with Gasteiger partial charge in [0.1, 0.15) is 6.04 Å². The minimum absolute atomic E-state index is 0.0974. The van der Waals surface area contributed by atoms with Crippen molar-refractivity contribution in [3.8, 4) is 0 Å². The van der Waals surface area contributed by atoms with Gasteiger partial charge in [0.05, 0.1) is 0 Å². The van der Waals surface area contributed by atoms with Crippen LogP contribution in [0.3, 0.4) is 0 Å². The summed E-state index contributed by atoms with van der Waals surface area (Å²) in [7, 11) is 0. The number of nitrogens with zero attached hydrogens (tertiary/aromatic N) is 2. The van der Waals surface area contributed by atoms with Crippen molar-refractivity contribution >= 4 is 11.8 Å². The molecule has 4 bridgehead atoms. The summed E-state index contributed by atoms with van der Waals surface area (Å²) in [5.41, 5.74) is 1.53. The molecule has 0 aromatic heterocycles. The van der Waals surface area contributed by atoms with Gasteiger partial charge in [0.15, 0.2) is 0 Å². The van der Waals surface area contributed by atoms with Crippen molar-refractivity contribution in [3.05, 3.63) is 35.9 Å².